The summed E-state index contributed by atoms with van der Waals surface area (Å²) in [5.41, 5.74) is 2.64. The van der Waals surface area contributed by atoms with Crippen LogP contribution in [0.2, 0.25) is 0 Å². The van der Waals surface area contributed by atoms with Crippen molar-refractivity contribution in [1.29, 1.82) is 0 Å². The minimum absolute atomic E-state index is 0.0317. The smallest absolute Gasteiger partial charge is 0.226 e. The number of rotatable bonds is 4. The van der Waals surface area contributed by atoms with Gasteiger partial charge in [-0.25, -0.2) is 4.68 Å². The zero-order chi connectivity index (χ0) is 19.1. The lowest BCUT2D eigenvalue weighted by molar-refractivity contribution is -0.117. The van der Waals surface area contributed by atoms with Gasteiger partial charge in [-0.2, -0.15) is 10.1 Å². The van der Waals surface area contributed by atoms with Gasteiger partial charge in [0.25, 0.3) is 0 Å². The summed E-state index contributed by atoms with van der Waals surface area (Å²) >= 11 is 0. The fourth-order valence-corrected chi connectivity index (χ4v) is 4.10. The second-order valence-corrected chi connectivity index (χ2v) is 6.99. The number of allylic oxidation sites excluding steroid dienone is 2. The molecule has 0 fully saturated rings. The zero-order valence-electron chi connectivity index (χ0n) is 15.5. The Kier molecular flexibility index (Phi) is 4.00. The van der Waals surface area contributed by atoms with Crippen molar-refractivity contribution >= 4 is 11.7 Å². The molecule has 0 spiro atoms. The summed E-state index contributed by atoms with van der Waals surface area (Å²) in [6.45, 7) is 2.57. The fraction of sp³-hybridized carbons (Fsp3) is 0.286. The molecule has 7 heteroatoms. The van der Waals surface area contributed by atoms with Crippen molar-refractivity contribution in [3.63, 3.8) is 0 Å². The number of ether oxygens (including phenoxy) is 1. The number of carbonyl (C=O) groups excluding carboxylic acids is 1. The first-order valence-electron chi connectivity index (χ1n) is 9.43. The Morgan fingerprint density at radius 3 is 2.86 bits per heavy atom. The summed E-state index contributed by atoms with van der Waals surface area (Å²) in [5.74, 6) is 2.43. The molecule has 3 aromatic rings. The average Bonchev–Trinajstić information content (AvgIpc) is 3.39. The number of hydrogen-bond donors (Lipinski definition) is 1. The molecule has 142 valence electrons. The molecule has 0 bridgehead atoms. The summed E-state index contributed by atoms with van der Waals surface area (Å²) in [6, 6.07) is 11.3. The van der Waals surface area contributed by atoms with Gasteiger partial charge in [-0.05, 0) is 43.2 Å². The van der Waals surface area contributed by atoms with Crippen LogP contribution in [0.5, 0.6) is 5.75 Å². The Morgan fingerprint density at radius 1 is 1.25 bits per heavy atom. The van der Waals surface area contributed by atoms with E-state index in [9.17, 15) is 4.79 Å². The van der Waals surface area contributed by atoms with Crippen molar-refractivity contribution in [2.45, 2.75) is 31.7 Å². The molecule has 28 heavy (non-hydrogen) atoms. The SMILES string of the molecule is CCOc1ccc([C@H]2C3=C(C[C@H](c4ccco4)CC3=O)Nc3ncnn32)cc1. The first kappa shape index (κ1) is 16.8. The van der Waals surface area contributed by atoms with Crippen molar-refractivity contribution in [3.8, 4) is 5.75 Å². The highest BCUT2D eigenvalue weighted by Gasteiger charge is 2.39. The van der Waals surface area contributed by atoms with Crippen LogP contribution in [0, 0.1) is 0 Å². The van der Waals surface area contributed by atoms with Gasteiger partial charge in [0.2, 0.25) is 5.95 Å². The third-order valence-electron chi connectivity index (χ3n) is 5.31. The lowest BCUT2D eigenvalue weighted by Crippen LogP contribution is -2.33. The quantitative estimate of drug-likeness (QED) is 0.748. The Bertz CT molecular complexity index is 1030. The number of ketones is 1. The van der Waals surface area contributed by atoms with Crippen molar-refractivity contribution < 1.29 is 13.9 Å². The highest BCUT2D eigenvalue weighted by molar-refractivity contribution is 6.00. The van der Waals surface area contributed by atoms with Gasteiger partial charge in [-0.15, -0.1) is 0 Å². The topological polar surface area (TPSA) is 82.2 Å². The second-order valence-electron chi connectivity index (χ2n) is 6.99. The molecule has 1 aliphatic heterocycles. The molecule has 5 rings (SSSR count). The summed E-state index contributed by atoms with van der Waals surface area (Å²) in [4.78, 5) is 17.5. The van der Waals surface area contributed by atoms with Crippen LogP contribution in [0.3, 0.4) is 0 Å². The maximum atomic E-state index is 13.2. The summed E-state index contributed by atoms with van der Waals surface area (Å²) in [5, 5.41) is 7.69. The molecular formula is C21H20N4O3. The number of hydrogen-bond acceptors (Lipinski definition) is 6. The Labute approximate surface area is 162 Å². The van der Waals surface area contributed by atoms with Gasteiger partial charge >= 0.3 is 0 Å². The number of aromatic nitrogens is 3. The van der Waals surface area contributed by atoms with Crippen LogP contribution in [0.15, 0.2) is 64.7 Å². The van der Waals surface area contributed by atoms with E-state index in [1.165, 1.54) is 6.33 Å². The molecule has 1 N–H and O–H groups in total. The molecule has 2 atom stereocenters. The Hall–Kier alpha value is -3.35. The minimum Gasteiger partial charge on any atom is -0.494 e. The van der Waals surface area contributed by atoms with Crippen molar-refractivity contribution in [3.05, 3.63) is 71.6 Å². The van der Waals surface area contributed by atoms with Crippen LogP contribution in [0.1, 0.15) is 43.0 Å². The lowest BCUT2D eigenvalue weighted by atomic mass is 9.79. The number of furan rings is 1. The minimum atomic E-state index is -0.297. The molecule has 7 nitrogen and oxygen atoms in total. The molecule has 0 saturated carbocycles. The second kappa shape index (κ2) is 6.67. The number of nitrogens with one attached hydrogen (secondary N) is 1. The molecule has 1 aromatic carbocycles. The molecule has 0 saturated heterocycles. The number of fused-ring (bicyclic) bond motifs is 1. The number of Topliss-reactive ketones (excluding diaryl/α,β-unsaturated/α-hetero) is 1. The van der Waals surface area contributed by atoms with E-state index in [0.717, 1.165) is 28.3 Å². The van der Waals surface area contributed by atoms with Gasteiger partial charge in [-0.3, -0.25) is 4.79 Å². The first-order chi connectivity index (χ1) is 13.7. The molecule has 0 radical (unpaired) electrons. The van der Waals surface area contributed by atoms with E-state index in [1.54, 1.807) is 10.9 Å². The monoisotopic (exact) mass is 376 g/mol. The van der Waals surface area contributed by atoms with Crippen LogP contribution < -0.4 is 10.1 Å². The largest absolute Gasteiger partial charge is 0.494 e. The molecule has 2 aliphatic rings. The lowest BCUT2D eigenvalue weighted by Gasteiger charge is -2.34. The van der Waals surface area contributed by atoms with Crippen molar-refractivity contribution in [2.75, 3.05) is 11.9 Å². The van der Waals surface area contributed by atoms with Crippen LogP contribution in [-0.4, -0.2) is 27.2 Å². The third kappa shape index (κ3) is 2.70. The Morgan fingerprint density at radius 2 is 2.11 bits per heavy atom. The molecule has 3 heterocycles. The van der Waals surface area contributed by atoms with Crippen LogP contribution in [0.4, 0.5) is 5.95 Å². The molecular weight excluding hydrogens is 356 g/mol. The molecule has 2 aromatic heterocycles. The van der Waals surface area contributed by atoms with Crippen LogP contribution >= 0.6 is 0 Å². The van der Waals surface area contributed by atoms with E-state index >= 15 is 0 Å². The fourth-order valence-electron chi connectivity index (χ4n) is 4.10. The van der Waals surface area contributed by atoms with Crippen molar-refractivity contribution in [1.82, 2.24) is 14.8 Å². The highest BCUT2D eigenvalue weighted by atomic mass is 16.5. The van der Waals surface area contributed by atoms with Gasteiger partial charge in [0.15, 0.2) is 5.78 Å². The highest BCUT2D eigenvalue weighted by Crippen LogP contribution is 2.43. The number of nitrogens with zero attached hydrogens (tertiary/aromatic N) is 3. The normalized spacial score (nSPS) is 21.1. The van der Waals surface area contributed by atoms with E-state index in [2.05, 4.69) is 15.4 Å². The average molecular weight is 376 g/mol. The Balaban J connectivity index is 1.56. The molecule has 1 aliphatic carbocycles. The predicted octanol–water partition coefficient (Wildman–Crippen LogP) is 3.69. The maximum absolute atomic E-state index is 13.2. The van der Waals surface area contributed by atoms with Gasteiger partial charge in [0.1, 0.15) is 23.9 Å². The van der Waals surface area contributed by atoms with E-state index in [1.807, 2.05) is 43.3 Å². The van der Waals surface area contributed by atoms with Crippen LogP contribution in [0.25, 0.3) is 0 Å². The van der Waals surface area contributed by atoms with Gasteiger partial charge in [-0.1, -0.05) is 12.1 Å². The standard InChI is InChI=1S/C21H20N4O3/c1-2-27-15-7-5-13(6-8-15)20-19-16(24-21-22-12-23-25(20)21)10-14(11-17(19)26)18-4-3-9-28-18/h3-9,12,14,20H,2,10-11H2,1H3,(H,22,23,24)/t14-,20-/m0/s1. The van der Waals surface area contributed by atoms with Crippen molar-refractivity contribution in [2.24, 2.45) is 0 Å². The van der Waals surface area contributed by atoms with E-state index in [4.69, 9.17) is 9.15 Å². The predicted molar refractivity (Wildman–Crippen MR) is 102 cm³/mol. The summed E-state index contributed by atoms with van der Waals surface area (Å²) in [6.07, 6.45) is 4.29. The van der Waals surface area contributed by atoms with Crippen LogP contribution in [-0.2, 0) is 4.79 Å². The van der Waals surface area contributed by atoms with Gasteiger partial charge in [0, 0.05) is 23.6 Å². The number of benzene rings is 1. The third-order valence-corrected chi connectivity index (χ3v) is 5.31. The summed E-state index contributed by atoms with van der Waals surface area (Å²) in [7, 11) is 0. The van der Waals surface area contributed by atoms with Gasteiger partial charge < -0.3 is 14.5 Å². The molecule has 0 unspecified atom stereocenters. The zero-order valence-corrected chi connectivity index (χ0v) is 15.5. The summed E-state index contributed by atoms with van der Waals surface area (Å²) < 4.78 is 12.9. The van der Waals surface area contributed by atoms with E-state index < -0.39 is 0 Å². The first-order valence-corrected chi connectivity index (χ1v) is 9.43. The number of carbonyl (C=O) groups is 1. The number of anilines is 1. The van der Waals surface area contributed by atoms with E-state index in [0.29, 0.717) is 25.4 Å². The molecule has 0 amide bonds. The van der Waals surface area contributed by atoms with E-state index in [-0.39, 0.29) is 17.7 Å². The van der Waals surface area contributed by atoms with Gasteiger partial charge in [0.05, 0.1) is 12.9 Å². The maximum Gasteiger partial charge on any atom is 0.226 e.